The van der Waals surface area contributed by atoms with Gasteiger partial charge in [-0.05, 0) is 48.7 Å². The smallest absolute Gasteiger partial charge is 0.338 e. The van der Waals surface area contributed by atoms with Gasteiger partial charge in [-0.15, -0.1) is 16.4 Å². The van der Waals surface area contributed by atoms with Gasteiger partial charge in [-0.3, -0.25) is 4.79 Å². The normalized spacial score (nSPS) is 17.3. The molecule has 16 heteroatoms. The predicted molar refractivity (Wildman–Crippen MR) is 164 cm³/mol. The third-order valence-electron chi connectivity index (χ3n) is 7.73. The van der Waals surface area contributed by atoms with E-state index in [-0.39, 0.29) is 36.5 Å². The Morgan fingerprint density at radius 3 is 2.83 bits per heavy atom. The van der Waals surface area contributed by atoms with Crippen molar-refractivity contribution in [3.63, 3.8) is 0 Å². The summed E-state index contributed by atoms with van der Waals surface area (Å²) >= 11 is 1.33. The fourth-order valence-corrected chi connectivity index (χ4v) is 6.04. The van der Waals surface area contributed by atoms with Gasteiger partial charge < -0.3 is 35.4 Å². The third kappa shape index (κ3) is 6.92. The fourth-order valence-electron chi connectivity index (χ4n) is 5.50. The van der Waals surface area contributed by atoms with Gasteiger partial charge in [-0.1, -0.05) is 5.21 Å². The number of nitrogens with zero attached hydrogens (tertiary/aromatic N) is 5. The lowest BCUT2D eigenvalue weighted by Gasteiger charge is -2.37. The first kappa shape index (κ1) is 30.9. The Labute approximate surface area is 266 Å². The molecule has 0 aliphatic carbocycles. The van der Waals surface area contributed by atoms with E-state index in [0.717, 1.165) is 23.3 Å². The minimum absolute atomic E-state index is 0.0751. The molecule has 14 nitrogen and oxygen atoms in total. The monoisotopic (exact) mass is 650 g/mol. The van der Waals surface area contributed by atoms with Crippen molar-refractivity contribution in [2.24, 2.45) is 0 Å². The molecule has 1 atom stereocenters. The molecule has 0 saturated carbocycles. The van der Waals surface area contributed by atoms with Crippen molar-refractivity contribution in [1.82, 2.24) is 35.5 Å². The average molecular weight is 651 g/mol. The molecular formula is C30H31FN8O6S. The number of carboxylic acids is 1. The molecule has 0 radical (unpaired) electrons. The third-order valence-corrected chi connectivity index (χ3v) is 8.42. The number of halogens is 1. The number of carbonyl (C=O) groups excluding carboxylic acids is 2. The number of thiazole rings is 1. The zero-order chi connectivity index (χ0) is 32.3. The van der Waals surface area contributed by atoms with Crippen LogP contribution < -0.4 is 25.4 Å². The summed E-state index contributed by atoms with van der Waals surface area (Å²) in [5.41, 5.74) is 1.16. The van der Waals surface area contributed by atoms with Gasteiger partial charge in [0.05, 0.1) is 24.8 Å². The lowest BCUT2D eigenvalue weighted by atomic mass is 9.81. The van der Waals surface area contributed by atoms with Crippen LogP contribution in [0.15, 0.2) is 48.1 Å². The second-order valence-corrected chi connectivity index (χ2v) is 11.9. The molecule has 2 aromatic heterocycles. The van der Waals surface area contributed by atoms with E-state index in [1.165, 1.54) is 17.4 Å². The first-order valence-electron chi connectivity index (χ1n) is 14.5. The number of carbonyl (C=O) groups is 3. The van der Waals surface area contributed by atoms with E-state index in [0.29, 0.717) is 55.7 Å². The number of hydrogen-bond donors (Lipinski definition) is 4. The van der Waals surface area contributed by atoms with Crippen LogP contribution in [0.25, 0.3) is 0 Å². The van der Waals surface area contributed by atoms with Crippen LogP contribution in [0.2, 0.25) is 0 Å². The summed E-state index contributed by atoms with van der Waals surface area (Å²) < 4.78 is 28.4. The van der Waals surface area contributed by atoms with Crippen molar-refractivity contribution in [2.75, 3.05) is 31.6 Å². The van der Waals surface area contributed by atoms with E-state index in [1.807, 2.05) is 13.0 Å². The molecule has 2 aromatic carbocycles. The largest absolute Gasteiger partial charge is 0.488 e. The van der Waals surface area contributed by atoms with Crippen LogP contribution in [-0.4, -0.2) is 74.1 Å². The Bertz CT molecular complexity index is 1770. The molecule has 1 unspecified atom stereocenters. The molecule has 6 rings (SSSR count). The number of urea groups is 1. The quantitative estimate of drug-likeness (QED) is 0.178. The molecule has 0 bridgehead atoms. The second-order valence-electron chi connectivity index (χ2n) is 11.1. The van der Waals surface area contributed by atoms with Gasteiger partial charge >= 0.3 is 12.0 Å². The van der Waals surface area contributed by atoms with Crippen molar-refractivity contribution in [2.45, 2.75) is 38.4 Å². The highest BCUT2D eigenvalue weighted by Crippen LogP contribution is 2.41. The van der Waals surface area contributed by atoms with Crippen molar-refractivity contribution in [3.05, 3.63) is 76.3 Å². The topological polar surface area (TPSA) is 173 Å². The molecule has 0 spiro atoms. The highest BCUT2D eigenvalue weighted by Gasteiger charge is 2.35. The number of fused-ring (bicyclic) bond motifs is 1. The highest BCUT2D eigenvalue weighted by atomic mass is 32.1. The zero-order valence-electron chi connectivity index (χ0n) is 24.8. The summed E-state index contributed by atoms with van der Waals surface area (Å²) in [6.07, 6.45) is 4.13. The number of rotatable bonds is 12. The number of aromatic carboxylic acids is 1. The van der Waals surface area contributed by atoms with Crippen LogP contribution in [0.1, 0.15) is 40.5 Å². The van der Waals surface area contributed by atoms with Crippen LogP contribution >= 0.6 is 11.3 Å². The molecule has 1 saturated heterocycles. The summed E-state index contributed by atoms with van der Waals surface area (Å²) in [6, 6.07) is 6.99. The molecule has 240 valence electrons. The minimum atomic E-state index is -1.39. The SMILES string of the molecule is CC1(CC(=O)Nc2nccs2)NCCc2cc(OCCn3cc(CN4CCNC4=O)nn3)c(Oc3ccc(C(=O)O)c(F)c3)cc21. The molecule has 1 fully saturated rings. The van der Waals surface area contributed by atoms with E-state index in [2.05, 4.69) is 31.2 Å². The number of ether oxygens (including phenoxy) is 2. The second kappa shape index (κ2) is 13.1. The maximum atomic E-state index is 14.5. The lowest BCUT2D eigenvalue weighted by molar-refractivity contribution is -0.117. The Hall–Kier alpha value is -5.09. The minimum Gasteiger partial charge on any atom is -0.488 e. The predicted octanol–water partition coefficient (Wildman–Crippen LogP) is 3.36. The number of aromatic nitrogens is 4. The van der Waals surface area contributed by atoms with Gasteiger partial charge in [-0.25, -0.2) is 23.6 Å². The number of benzene rings is 2. The van der Waals surface area contributed by atoms with Crippen molar-refractivity contribution in [1.29, 1.82) is 0 Å². The Balaban J connectivity index is 1.23. The van der Waals surface area contributed by atoms with Crippen LogP contribution in [-0.2, 0) is 29.8 Å². The van der Waals surface area contributed by atoms with Crippen molar-refractivity contribution in [3.8, 4) is 17.2 Å². The molecule has 2 aliphatic rings. The van der Waals surface area contributed by atoms with E-state index < -0.39 is 22.9 Å². The molecule has 46 heavy (non-hydrogen) atoms. The number of anilines is 1. The Kier molecular flexibility index (Phi) is 8.81. The van der Waals surface area contributed by atoms with E-state index in [9.17, 15) is 23.9 Å². The summed E-state index contributed by atoms with van der Waals surface area (Å²) in [7, 11) is 0. The first-order valence-corrected chi connectivity index (χ1v) is 15.4. The van der Waals surface area contributed by atoms with Crippen molar-refractivity contribution < 1.29 is 33.4 Å². The highest BCUT2D eigenvalue weighted by molar-refractivity contribution is 7.13. The molecule has 4 aromatic rings. The number of nitrogens with one attached hydrogen (secondary N) is 3. The summed E-state index contributed by atoms with van der Waals surface area (Å²) in [4.78, 5) is 41.9. The van der Waals surface area contributed by atoms with Crippen LogP contribution in [0.5, 0.6) is 17.2 Å². The van der Waals surface area contributed by atoms with Crippen molar-refractivity contribution >= 4 is 34.4 Å². The molecular weight excluding hydrogens is 619 g/mol. The standard InChI is InChI=1S/C30H31FN8O6S/c1-30(15-26(40)35-28-32-7-11-46-28)22-14-25(45-20-2-3-21(27(41)42)23(31)13-20)24(12-18(22)4-5-34-30)44-10-9-39-17-19(36-37-39)16-38-8-6-33-29(38)43/h2-3,7,11-14,17,34H,4-6,8-10,15-16H2,1H3,(H,33,43)(H,41,42)(H,32,35,40). The lowest BCUT2D eigenvalue weighted by Crippen LogP contribution is -2.47. The Morgan fingerprint density at radius 1 is 1.22 bits per heavy atom. The van der Waals surface area contributed by atoms with Gasteiger partial charge in [0.1, 0.15) is 23.9 Å². The van der Waals surface area contributed by atoms with E-state index >= 15 is 0 Å². The first-order chi connectivity index (χ1) is 22.2. The van der Waals surface area contributed by atoms with Gasteiger partial charge in [0, 0.05) is 49.2 Å². The zero-order valence-corrected chi connectivity index (χ0v) is 25.6. The fraction of sp³-hybridized carbons (Fsp3) is 0.333. The number of hydrogen-bond acceptors (Lipinski definition) is 10. The van der Waals surface area contributed by atoms with Gasteiger partial charge in [0.2, 0.25) is 5.91 Å². The van der Waals surface area contributed by atoms with Crippen LogP contribution in [0.4, 0.5) is 14.3 Å². The Morgan fingerprint density at radius 2 is 2.09 bits per heavy atom. The van der Waals surface area contributed by atoms with Gasteiger partial charge in [0.25, 0.3) is 0 Å². The summed E-state index contributed by atoms with van der Waals surface area (Å²) in [5.74, 6) is -1.83. The summed E-state index contributed by atoms with van der Waals surface area (Å²) in [6.45, 7) is 4.61. The van der Waals surface area contributed by atoms with E-state index in [4.69, 9.17) is 9.47 Å². The van der Waals surface area contributed by atoms with Gasteiger partial charge in [0.15, 0.2) is 16.6 Å². The number of carboxylic acid groups (broad SMARTS) is 1. The van der Waals surface area contributed by atoms with Gasteiger partial charge in [-0.2, -0.15) is 0 Å². The summed E-state index contributed by atoms with van der Waals surface area (Å²) in [5, 5.41) is 28.8. The molecule has 3 amide bonds. The molecule has 4 N–H and O–H groups in total. The maximum Gasteiger partial charge on any atom is 0.338 e. The van der Waals surface area contributed by atoms with E-state index in [1.54, 1.807) is 33.4 Å². The number of amides is 3. The average Bonchev–Trinajstić information content (AvgIpc) is 3.77. The van der Waals surface area contributed by atoms with Crippen LogP contribution in [0, 0.1) is 5.82 Å². The van der Waals surface area contributed by atoms with Crippen LogP contribution in [0.3, 0.4) is 0 Å². The maximum absolute atomic E-state index is 14.5. The molecule has 4 heterocycles. The molecule has 2 aliphatic heterocycles.